The molecular formula is C24H25N5O2S. The summed E-state index contributed by atoms with van der Waals surface area (Å²) in [6, 6.07) is 15.6. The van der Waals surface area contributed by atoms with Gasteiger partial charge in [-0.1, -0.05) is 53.7 Å². The second-order valence-corrected chi connectivity index (χ2v) is 9.18. The fourth-order valence-electron chi connectivity index (χ4n) is 4.21. The number of fused-ring (bicyclic) bond motifs is 3. The Labute approximate surface area is 190 Å². The highest BCUT2D eigenvalue weighted by Crippen LogP contribution is 2.23. The molecule has 2 aromatic carbocycles. The van der Waals surface area contributed by atoms with Crippen molar-refractivity contribution in [1.29, 1.82) is 0 Å². The van der Waals surface area contributed by atoms with Crippen molar-refractivity contribution in [2.75, 3.05) is 18.8 Å². The predicted octanol–water partition coefficient (Wildman–Crippen LogP) is 3.51. The third-order valence-electron chi connectivity index (χ3n) is 5.97. The summed E-state index contributed by atoms with van der Waals surface area (Å²) in [5.74, 6) is 0.928. The van der Waals surface area contributed by atoms with Crippen LogP contribution in [-0.4, -0.2) is 48.8 Å². The van der Waals surface area contributed by atoms with E-state index in [1.165, 1.54) is 23.7 Å². The Morgan fingerprint density at radius 3 is 2.53 bits per heavy atom. The summed E-state index contributed by atoms with van der Waals surface area (Å²) in [5, 5.41) is 9.96. The number of para-hydroxylation sites is 1. The molecule has 3 heterocycles. The Hall–Kier alpha value is -3.13. The van der Waals surface area contributed by atoms with Gasteiger partial charge in [0.25, 0.3) is 5.56 Å². The summed E-state index contributed by atoms with van der Waals surface area (Å²) in [5.41, 5.74) is 2.85. The van der Waals surface area contributed by atoms with E-state index < -0.39 is 0 Å². The molecule has 1 amide bonds. The number of thioether (sulfide) groups is 1. The topological polar surface area (TPSA) is 72.5 Å². The highest BCUT2D eigenvalue weighted by Gasteiger charge is 2.20. The van der Waals surface area contributed by atoms with Gasteiger partial charge in [0, 0.05) is 13.1 Å². The molecule has 8 heteroatoms. The molecule has 0 radical (unpaired) electrons. The Bertz CT molecular complexity index is 1340. The van der Waals surface area contributed by atoms with Gasteiger partial charge >= 0.3 is 0 Å². The van der Waals surface area contributed by atoms with Gasteiger partial charge in [0.05, 0.1) is 23.2 Å². The van der Waals surface area contributed by atoms with Crippen LogP contribution >= 0.6 is 11.8 Å². The van der Waals surface area contributed by atoms with Crippen molar-refractivity contribution in [3.8, 4) is 0 Å². The second kappa shape index (κ2) is 8.78. The molecule has 1 aliphatic heterocycles. The quantitative estimate of drug-likeness (QED) is 0.438. The number of hydrogen-bond donors (Lipinski definition) is 0. The number of piperidine rings is 1. The van der Waals surface area contributed by atoms with Gasteiger partial charge in [-0.05, 0) is 43.9 Å². The number of carbonyl (C=O) groups excluding carboxylic acids is 1. The van der Waals surface area contributed by atoms with Crippen molar-refractivity contribution >= 4 is 34.3 Å². The SMILES string of the molecule is Cc1ccc(Cn2c(=O)c3ccccc3n3c(SCC(=O)N4CCCCC4)nnc23)cc1. The maximum absolute atomic E-state index is 13.3. The Morgan fingerprint density at radius 1 is 1.00 bits per heavy atom. The first-order chi connectivity index (χ1) is 15.6. The maximum atomic E-state index is 13.3. The first-order valence-electron chi connectivity index (χ1n) is 10.9. The molecule has 1 aliphatic rings. The van der Waals surface area contributed by atoms with Crippen LogP contribution in [-0.2, 0) is 11.3 Å². The molecule has 7 nitrogen and oxygen atoms in total. The number of likely N-dealkylation sites (tertiary alicyclic amines) is 1. The summed E-state index contributed by atoms with van der Waals surface area (Å²) in [6.07, 6.45) is 3.33. The van der Waals surface area contributed by atoms with Crippen LogP contribution in [0.4, 0.5) is 0 Å². The van der Waals surface area contributed by atoms with E-state index in [-0.39, 0.29) is 11.5 Å². The molecule has 0 spiro atoms. The number of aromatic nitrogens is 4. The molecule has 0 atom stereocenters. The lowest BCUT2D eigenvalue weighted by molar-refractivity contribution is -0.129. The molecule has 0 unspecified atom stereocenters. The molecule has 4 aromatic rings. The van der Waals surface area contributed by atoms with E-state index in [2.05, 4.69) is 10.2 Å². The van der Waals surface area contributed by atoms with E-state index in [1.54, 1.807) is 4.57 Å². The highest BCUT2D eigenvalue weighted by atomic mass is 32.2. The molecule has 1 saturated heterocycles. The van der Waals surface area contributed by atoms with Crippen molar-refractivity contribution in [1.82, 2.24) is 24.1 Å². The van der Waals surface area contributed by atoms with Crippen LogP contribution < -0.4 is 5.56 Å². The van der Waals surface area contributed by atoms with Gasteiger partial charge in [0.2, 0.25) is 11.7 Å². The Balaban J connectivity index is 1.54. The Morgan fingerprint density at radius 2 is 1.75 bits per heavy atom. The van der Waals surface area contributed by atoms with E-state index in [1.807, 2.05) is 64.8 Å². The van der Waals surface area contributed by atoms with Crippen molar-refractivity contribution in [2.24, 2.45) is 0 Å². The number of rotatable bonds is 5. The van der Waals surface area contributed by atoms with Crippen LogP contribution in [0.3, 0.4) is 0 Å². The van der Waals surface area contributed by atoms with E-state index in [0.717, 1.165) is 37.0 Å². The van der Waals surface area contributed by atoms with Crippen LogP contribution in [0.15, 0.2) is 58.5 Å². The van der Waals surface area contributed by atoms with E-state index in [9.17, 15) is 9.59 Å². The van der Waals surface area contributed by atoms with Gasteiger partial charge in [-0.15, -0.1) is 10.2 Å². The zero-order valence-electron chi connectivity index (χ0n) is 18.0. The molecule has 32 heavy (non-hydrogen) atoms. The molecule has 0 aliphatic carbocycles. The van der Waals surface area contributed by atoms with Crippen molar-refractivity contribution in [2.45, 2.75) is 37.9 Å². The lowest BCUT2D eigenvalue weighted by Gasteiger charge is -2.26. The van der Waals surface area contributed by atoms with Gasteiger partial charge in [-0.2, -0.15) is 0 Å². The standard InChI is InChI=1S/C24H25N5O2S/c1-17-9-11-18(12-10-17)15-28-22(31)19-7-3-4-8-20(19)29-23(28)25-26-24(29)32-16-21(30)27-13-5-2-6-14-27/h3-4,7-12H,2,5-6,13-16H2,1H3. The molecule has 0 bridgehead atoms. The zero-order valence-corrected chi connectivity index (χ0v) is 18.8. The minimum absolute atomic E-state index is 0.0954. The van der Waals surface area contributed by atoms with Crippen molar-refractivity contribution in [3.05, 3.63) is 70.0 Å². The van der Waals surface area contributed by atoms with Gasteiger partial charge in [-0.3, -0.25) is 18.6 Å². The fraction of sp³-hybridized carbons (Fsp3) is 0.333. The van der Waals surface area contributed by atoms with Crippen molar-refractivity contribution in [3.63, 3.8) is 0 Å². The molecule has 164 valence electrons. The minimum Gasteiger partial charge on any atom is -0.342 e. The first-order valence-corrected chi connectivity index (χ1v) is 11.9. The predicted molar refractivity (Wildman–Crippen MR) is 126 cm³/mol. The monoisotopic (exact) mass is 447 g/mol. The largest absolute Gasteiger partial charge is 0.342 e. The Kier molecular flexibility index (Phi) is 5.70. The van der Waals surface area contributed by atoms with E-state index >= 15 is 0 Å². The summed E-state index contributed by atoms with van der Waals surface area (Å²) in [7, 11) is 0. The molecule has 5 rings (SSSR count). The third-order valence-corrected chi connectivity index (χ3v) is 6.89. The summed E-state index contributed by atoms with van der Waals surface area (Å²) in [6.45, 7) is 4.11. The van der Waals surface area contributed by atoms with Gasteiger partial charge in [0.15, 0.2) is 5.16 Å². The summed E-state index contributed by atoms with van der Waals surface area (Å²) >= 11 is 1.38. The fourth-order valence-corrected chi connectivity index (χ4v) is 5.05. The number of hydrogen-bond acceptors (Lipinski definition) is 5. The highest BCUT2D eigenvalue weighted by molar-refractivity contribution is 7.99. The van der Waals surface area contributed by atoms with Crippen LogP contribution in [0.25, 0.3) is 16.7 Å². The third kappa shape index (κ3) is 3.90. The lowest BCUT2D eigenvalue weighted by atomic mass is 10.1. The number of benzene rings is 2. The number of nitrogens with zero attached hydrogens (tertiary/aromatic N) is 5. The van der Waals surface area contributed by atoms with Crippen LogP contribution in [0, 0.1) is 6.92 Å². The zero-order chi connectivity index (χ0) is 22.1. The average molecular weight is 448 g/mol. The minimum atomic E-state index is -0.0954. The molecule has 0 saturated carbocycles. The van der Waals surface area contributed by atoms with Crippen molar-refractivity contribution < 1.29 is 4.79 Å². The molecule has 0 N–H and O–H groups in total. The number of aryl methyl sites for hydroxylation is 1. The summed E-state index contributed by atoms with van der Waals surface area (Å²) in [4.78, 5) is 27.9. The molecular weight excluding hydrogens is 422 g/mol. The molecule has 2 aromatic heterocycles. The van der Waals surface area contributed by atoms with Crippen LogP contribution in [0.1, 0.15) is 30.4 Å². The van der Waals surface area contributed by atoms with Crippen LogP contribution in [0.5, 0.6) is 0 Å². The normalized spacial score (nSPS) is 14.3. The van der Waals surface area contributed by atoms with Gasteiger partial charge < -0.3 is 4.90 Å². The molecule has 1 fully saturated rings. The summed E-state index contributed by atoms with van der Waals surface area (Å²) < 4.78 is 3.57. The van der Waals surface area contributed by atoms with Gasteiger partial charge in [-0.25, -0.2) is 0 Å². The maximum Gasteiger partial charge on any atom is 0.263 e. The van der Waals surface area contributed by atoms with E-state index in [0.29, 0.717) is 28.6 Å². The first kappa shape index (κ1) is 20.8. The lowest BCUT2D eigenvalue weighted by Crippen LogP contribution is -2.36. The average Bonchev–Trinajstić information content (AvgIpc) is 3.26. The second-order valence-electron chi connectivity index (χ2n) is 8.24. The van der Waals surface area contributed by atoms with E-state index in [4.69, 9.17) is 0 Å². The number of amides is 1. The smallest absolute Gasteiger partial charge is 0.263 e. The van der Waals surface area contributed by atoms with Crippen LogP contribution in [0.2, 0.25) is 0 Å². The van der Waals surface area contributed by atoms with Gasteiger partial charge in [0.1, 0.15) is 0 Å². The number of carbonyl (C=O) groups is 1.